The molecule has 1 aliphatic heterocycles. The summed E-state index contributed by atoms with van der Waals surface area (Å²) in [7, 11) is 1.37. The van der Waals surface area contributed by atoms with Crippen LogP contribution < -0.4 is 10.1 Å². The fourth-order valence-electron chi connectivity index (χ4n) is 5.43. The zero-order valence-electron chi connectivity index (χ0n) is 21.9. The molecule has 6 rings (SSSR count). The predicted octanol–water partition coefficient (Wildman–Crippen LogP) is 5.37. The van der Waals surface area contributed by atoms with Gasteiger partial charge in [0.25, 0.3) is 12.3 Å². The predicted molar refractivity (Wildman–Crippen MR) is 140 cm³/mol. The summed E-state index contributed by atoms with van der Waals surface area (Å²) in [6.07, 6.45) is 8.15. The Balaban J connectivity index is 1.47. The number of ether oxygens (including phenoxy) is 2. The van der Waals surface area contributed by atoms with Gasteiger partial charge in [-0.2, -0.15) is 5.10 Å². The molecule has 0 spiro atoms. The van der Waals surface area contributed by atoms with Crippen molar-refractivity contribution in [3.63, 3.8) is 0 Å². The Morgan fingerprint density at radius 3 is 2.67 bits per heavy atom. The first-order valence-corrected chi connectivity index (χ1v) is 13.4. The number of imidazole rings is 1. The van der Waals surface area contributed by atoms with E-state index in [4.69, 9.17) is 9.47 Å². The lowest BCUT2D eigenvalue weighted by molar-refractivity contribution is 0.0962. The molecule has 1 aliphatic carbocycles. The smallest absolute Gasteiger partial charge is 0.266 e. The van der Waals surface area contributed by atoms with E-state index >= 15 is 4.39 Å². The molecule has 2 fully saturated rings. The van der Waals surface area contributed by atoms with Gasteiger partial charge < -0.3 is 14.8 Å². The Bertz CT molecular complexity index is 1540. The Morgan fingerprint density at radius 1 is 1.12 bits per heavy atom. The third-order valence-corrected chi connectivity index (χ3v) is 7.59. The molecular formula is C28H29F3N6O3. The first-order chi connectivity index (χ1) is 19.4. The van der Waals surface area contributed by atoms with Gasteiger partial charge in [0, 0.05) is 36.4 Å². The number of carbonyl (C=O) groups excluding carboxylic acids is 1. The average Bonchev–Trinajstić information content (AvgIpc) is 3.74. The number of hydrogen-bond donors (Lipinski definition) is 1. The summed E-state index contributed by atoms with van der Waals surface area (Å²) in [5.41, 5.74) is 0.724. The van der Waals surface area contributed by atoms with E-state index in [-0.39, 0.29) is 28.8 Å². The molecule has 1 saturated heterocycles. The van der Waals surface area contributed by atoms with Gasteiger partial charge >= 0.3 is 0 Å². The van der Waals surface area contributed by atoms with E-state index in [0.29, 0.717) is 36.9 Å². The second kappa shape index (κ2) is 10.9. The fraction of sp³-hybridized carbons (Fsp3) is 0.429. The van der Waals surface area contributed by atoms with Gasteiger partial charge in [-0.3, -0.25) is 9.48 Å². The van der Waals surface area contributed by atoms with Crippen molar-refractivity contribution < 1.29 is 27.4 Å². The van der Waals surface area contributed by atoms with Crippen LogP contribution in [0.2, 0.25) is 0 Å². The summed E-state index contributed by atoms with van der Waals surface area (Å²) in [5.74, 6) is -1.49. The standard InChI is InChI=1S/C28H29F3N6O3/c1-32-27(38)16-9-21(25(29)22(10-16)26(30)31)23-13-33-24-11-20(28(35-37(23)24)40-19-7-8-39-15-19)17-12-34-36(14-17)18-5-3-2-4-6-18/h9-14,18-19,26H,2-8,15H2,1H3,(H,32,38). The van der Waals surface area contributed by atoms with Crippen molar-refractivity contribution in [1.82, 2.24) is 29.7 Å². The lowest BCUT2D eigenvalue weighted by Crippen LogP contribution is -2.19. The fourth-order valence-corrected chi connectivity index (χ4v) is 5.43. The van der Waals surface area contributed by atoms with Crippen LogP contribution in [0.4, 0.5) is 13.2 Å². The maximum Gasteiger partial charge on any atom is 0.266 e. The number of rotatable bonds is 7. The minimum Gasteiger partial charge on any atom is -0.470 e. The monoisotopic (exact) mass is 554 g/mol. The lowest BCUT2D eigenvalue weighted by atomic mass is 9.96. The molecule has 1 atom stereocenters. The van der Waals surface area contributed by atoms with Crippen molar-refractivity contribution in [3.8, 4) is 28.3 Å². The molecule has 1 N–H and O–H groups in total. The Kier molecular flexibility index (Phi) is 7.18. The van der Waals surface area contributed by atoms with Crippen LogP contribution in [-0.4, -0.2) is 56.7 Å². The van der Waals surface area contributed by atoms with Crippen molar-refractivity contribution >= 4 is 11.6 Å². The summed E-state index contributed by atoms with van der Waals surface area (Å²) < 4.78 is 57.9. The van der Waals surface area contributed by atoms with Gasteiger partial charge in [0.2, 0.25) is 5.88 Å². The van der Waals surface area contributed by atoms with Gasteiger partial charge in [-0.05, 0) is 31.0 Å². The van der Waals surface area contributed by atoms with Crippen LogP contribution in [0.25, 0.3) is 28.0 Å². The van der Waals surface area contributed by atoms with Crippen LogP contribution in [0.5, 0.6) is 5.88 Å². The molecule has 1 saturated carbocycles. The van der Waals surface area contributed by atoms with Crippen LogP contribution in [0.1, 0.15) is 66.9 Å². The number of aromatic nitrogens is 5. The normalized spacial score (nSPS) is 18.1. The number of nitrogens with zero attached hydrogens (tertiary/aromatic N) is 5. The molecule has 12 heteroatoms. The number of halogens is 3. The highest BCUT2D eigenvalue weighted by Crippen LogP contribution is 2.36. The molecule has 9 nitrogen and oxygen atoms in total. The van der Waals surface area contributed by atoms with Gasteiger partial charge in [-0.25, -0.2) is 22.7 Å². The first kappa shape index (κ1) is 26.3. The summed E-state index contributed by atoms with van der Waals surface area (Å²) in [6.45, 7) is 0.962. The second-order valence-electron chi connectivity index (χ2n) is 10.2. The zero-order valence-corrected chi connectivity index (χ0v) is 21.9. The topological polar surface area (TPSA) is 95.6 Å². The van der Waals surface area contributed by atoms with E-state index in [2.05, 4.69) is 20.5 Å². The molecule has 210 valence electrons. The number of carbonyl (C=O) groups is 1. The van der Waals surface area contributed by atoms with E-state index in [1.165, 1.54) is 43.1 Å². The third kappa shape index (κ3) is 4.91. The molecule has 0 bridgehead atoms. The SMILES string of the molecule is CNC(=O)c1cc(-c2cnc3cc(-c4cnn(C5CCCCC5)c4)c(OC4CCOC4)nn23)c(F)c(C(F)F)c1. The molecule has 40 heavy (non-hydrogen) atoms. The molecule has 4 heterocycles. The summed E-state index contributed by atoms with van der Waals surface area (Å²) in [4.78, 5) is 16.7. The molecule has 0 radical (unpaired) electrons. The lowest BCUT2D eigenvalue weighted by Gasteiger charge is -2.21. The maximum atomic E-state index is 15.4. The highest BCUT2D eigenvalue weighted by molar-refractivity contribution is 5.95. The third-order valence-electron chi connectivity index (χ3n) is 7.59. The average molecular weight is 555 g/mol. The van der Waals surface area contributed by atoms with Crippen molar-refractivity contribution in [2.75, 3.05) is 20.3 Å². The number of hydrogen-bond acceptors (Lipinski definition) is 6. The number of benzene rings is 1. The van der Waals surface area contributed by atoms with E-state index < -0.39 is 23.7 Å². The van der Waals surface area contributed by atoms with E-state index in [1.807, 2.05) is 10.9 Å². The Morgan fingerprint density at radius 2 is 1.95 bits per heavy atom. The van der Waals surface area contributed by atoms with Crippen molar-refractivity contribution in [2.45, 2.75) is 57.1 Å². The molecule has 1 amide bonds. The number of amides is 1. The second-order valence-corrected chi connectivity index (χ2v) is 10.2. The van der Waals surface area contributed by atoms with Gasteiger partial charge in [-0.15, -0.1) is 5.10 Å². The van der Waals surface area contributed by atoms with Gasteiger partial charge in [0.1, 0.15) is 11.9 Å². The van der Waals surface area contributed by atoms with Crippen molar-refractivity contribution in [2.24, 2.45) is 0 Å². The quantitative estimate of drug-likeness (QED) is 0.330. The summed E-state index contributed by atoms with van der Waals surface area (Å²) in [6, 6.07) is 4.18. The first-order valence-electron chi connectivity index (χ1n) is 13.4. The highest BCUT2D eigenvalue weighted by Gasteiger charge is 2.26. The van der Waals surface area contributed by atoms with E-state index in [9.17, 15) is 13.6 Å². The van der Waals surface area contributed by atoms with Gasteiger partial charge in [0.05, 0.1) is 48.5 Å². The van der Waals surface area contributed by atoms with Crippen LogP contribution in [0.3, 0.4) is 0 Å². The number of nitrogens with one attached hydrogen (secondary N) is 1. The van der Waals surface area contributed by atoms with Gasteiger partial charge in [0.15, 0.2) is 5.65 Å². The molecule has 1 aromatic carbocycles. The van der Waals surface area contributed by atoms with Crippen LogP contribution in [0, 0.1) is 5.82 Å². The molecule has 1 unspecified atom stereocenters. The minimum atomic E-state index is -3.12. The zero-order chi connectivity index (χ0) is 27.8. The molecule has 2 aliphatic rings. The summed E-state index contributed by atoms with van der Waals surface area (Å²) >= 11 is 0. The summed E-state index contributed by atoms with van der Waals surface area (Å²) in [5, 5.41) is 11.7. The largest absolute Gasteiger partial charge is 0.470 e. The maximum absolute atomic E-state index is 15.4. The number of alkyl halides is 2. The number of fused-ring (bicyclic) bond motifs is 1. The Hall–Kier alpha value is -3.93. The van der Waals surface area contributed by atoms with Gasteiger partial charge in [-0.1, -0.05) is 19.3 Å². The van der Waals surface area contributed by atoms with Crippen molar-refractivity contribution in [1.29, 1.82) is 0 Å². The minimum absolute atomic E-state index is 0.101. The van der Waals surface area contributed by atoms with Crippen LogP contribution in [-0.2, 0) is 4.74 Å². The van der Waals surface area contributed by atoms with Crippen molar-refractivity contribution in [3.05, 3.63) is 53.7 Å². The molecular weight excluding hydrogens is 525 g/mol. The highest BCUT2D eigenvalue weighted by atomic mass is 19.3. The van der Waals surface area contributed by atoms with Crippen LogP contribution >= 0.6 is 0 Å². The Labute approximate surface area is 228 Å². The molecule has 4 aromatic rings. The van der Waals surface area contributed by atoms with E-state index in [1.54, 1.807) is 12.3 Å². The van der Waals surface area contributed by atoms with Crippen LogP contribution in [0.15, 0.2) is 36.8 Å². The van der Waals surface area contributed by atoms with E-state index in [0.717, 1.165) is 24.5 Å². The molecule has 3 aromatic heterocycles.